The van der Waals surface area contributed by atoms with Gasteiger partial charge in [0.05, 0.1) is 0 Å². The van der Waals surface area contributed by atoms with Gasteiger partial charge >= 0.3 is 0 Å². The molecule has 1 atom stereocenters. The Kier molecular flexibility index (Phi) is 7.24. The number of hydrogen-bond acceptors (Lipinski definition) is 1. The van der Waals surface area contributed by atoms with E-state index in [0.29, 0.717) is 5.92 Å². The van der Waals surface area contributed by atoms with E-state index in [1.54, 1.807) is 0 Å². The molecule has 1 rings (SSSR count). The van der Waals surface area contributed by atoms with E-state index < -0.39 is 0 Å². The molecule has 0 aliphatic rings. The molecule has 0 saturated heterocycles. The van der Waals surface area contributed by atoms with E-state index >= 15 is 0 Å². The zero-order chi connectivity index (χ0) is 9.68. The summed E-state index contributed by atoms with van der Waals surface area (Å²) in [4.78, 5) is 0. The van der Waals surface area contributed by atoms with E-state index in [4.69, 9.17) is 5.73 Å². The van der Waals surface area contributed by atoms with Gasteiger partial charge in [-0.15, -0.1) is 12.4 Å². The van der Waals surface area contributed by atoms with E-state index in [1.165, 1.54) is 5.56 Å². The summed E-state index contributed by atoms with van der Waals surface area (Å²) in [6.45, 7) is 3.03. The highest BCUT2D eigenvalue weighted by atomic mass is 79.9. The second-order valence-electron chi connectivity index (χ2n) is 3.51. The molecule has 0 fully saturated rings. The average molecular weight is 279 g/mol. The normalized spacial score (nSPS) is 11.9. The molecule has 1 aromatic rings. The van der Waals surface area contributed by atoms with Crippen molar-refractivity contribution in [2.75, 3.05) is 6.54 Å². The van der Waals surface area contributed by atoms with E-state index in [0.717, 1.165) is 23.9 Å². The van der Waals surface area contributed by atoms with Crippen molar-refractivity contribution in [3.63, 3.8) is 0 Å². The van der Waals surface area contributed by atoms with Crippen LogP contribution in [0.2, 0.25) is 0 Å². The molecule has 0 aromatic heterocycles. The Morgan fingerprint density at radius 1 is 1.29 bits per heavy atom. The number of hydrogen-bond donors (Lipinski definition) is 1. The van der Waals surface area contributed by atoms with Gasteiger partial charge in [-0.3, -0.25) is 0 Å². The maximum Gasteiger partial charge on any atom is 0.0175 e. The van der Waals surface area contributed by atoms with Crippen LogP contribution < -0.4 is 5.73 Å². The van der Waals surface area contributed by atoms with E-state index in [2.05, 4.69) is 47.1 Å². The Bertz CT molecular complexity index is 248. The van der Waals surface area contributed by atoms with Crippen LogP contribution in [-0.4, -0.2) is 6.54 Å². The van der Waals surface area contributed by atoms with Crippen molar-refractivity contribution in [2.45, 2.75) is 19.8 Å². The van der Waals surface area contributed by atoms with Crippen LogP contribution in [0, 0.1) is 5.92 Å². The largest absolute Gasteiger partial charge is 0.330 e. The monoisotopic (exact) mass is 277 g/mol. The van der Waals surface area contributed by atoms with Crippen molar-refractivity contribution in [2.24, 2.45) is 11.7 Å². The van der Waals surface area contributed by atoms with Crippen LogP contribution in [0.25, 0.3) is 0 Å². The van der Waals surface area contributed by atoms with Crippen LogP contribution in [0.3, 0.4) is 0 Å². The number of rotatable bonds is 4. The van der Waals surface area contributed by atoms with E-state index in [-0.39, 0.29) is 12.4 Å². The molecule has 2 N–H and O–H groups in total. The van der Waals surface area contributed by atoms with Gasteiger partial charge in [-0.25, -0.2) is 0 Å². The minimum Gasteiger partial charge on any atom is -0.330 e. The van der Waals surface area contributed by atoms with Gasteiger partial charge in [-0.2, -0.15) is 0 Å². The van der Waals surface area contributed by atoms with Gasteiger partial charge < -0.3 is 5.73 Å². The molecule has 3 heteroatoms. The average Bonchev–Trinajstić information content (AvgIpc) is 2.09. The van der Waals surface area contributed by atoms with Crippen molar-refractivity contribution >= 4 is 28.3 Å². The fourth-order valence-electron chi connectivity index (χ4n) is 1.41. The Hall–Kier alpha value is -0.0500. The summed E-state index contributed by atoms with van der Waals surface area (Å²) in [5, 5.41) is 0. The molecule has 0 bridgehead atoms. The van der Waals surface area contributed by atoms with Gasteiger partial charge in [0.1, 0.15) is 0 Å². The summed E-state index contributed by atoms with van der Waals surface area (Å²) >= 11 is 3.42. The second kappa shape index (κ2) is 7.27. The van der Waals surface area contributed by atoms with Crippen LogP contribution >= 0.6 is 28.3 Å². The Balaban J connectivity index is 0.00000169. The number of nitrogens with two attached hydrogens (primary N) is 1. The molecule has 0 saturated carbocycles. The van der Waals surface area contributed by atoms with Gasteiger partial charge in [-0.05, 0) is 43.0 Å². The zero-order valence-corrected chi connectivity index (χ0v) is 10.8. The number of halogens is 2. The molecule has 1 unspecified atom stereocenters. The topological polar surface area (TPSA) is 26.0 Å². The van der Waals surface area contributed by atoms with E-state index in [9.17, 15) is 0 Å². The zero-order valence-electron chi connectivity index (χ0n) is 8.37. The van der Waals surface area contributed by atoms with Gasteiger partial charge in [0.25, 0.3) is 0 Å². The van der Waals surface area contributed by atoms with Crippen molar-refractivity contribution in [1.29, 1.82) is 0 Å². The lowest BCUT2D eigenvalue weighted by molar-refractivity contribution is 0.538. The maximum atomic E-state index is 5.50. The highest BCUT2D eigenvalue weighted by molar-refractivity contribution is 9.10. The van der Waals surface area contributed by atoms with Gasteiger partial charge in [0.2, 0.25) is 0 Å². The smallest absolute Gasteiger partial charge is 0.0175 e. The van der Waals surface area contributed by atoms with Crippen LogP contribution in [0.1, 0.15) is 18.9 Å². The molecule has 80 valence electrons. The molecule has 14 heavy (non-hydrogen) atoms. The van der Waals surface area contributed by atoms with Gasteiger partial charge in [-0.1, -0.05) is 35.0 Å². The SMILES string of the molecule is CC(CCN)Cc1ccc(Br)cc1.Cl. The predicted octanol–water partition coefficient (Wildman–Crippen LogP) is 3.40. The first kappa shape index (κ1) is 13.9. The molecular weight excluding hydrogens is 261 g/mol. The lowest BCUT2D eigenvalue weighted by Gasteiger charge is -2.09. The first-order chi connectivity index (χ1) is 6.22. The summed E-state index contributed by atoms with van der Waals surface area (Å²) in [6, 6.07) is 8.50. The predicted molar refractivity (Wildman–Crippen MR) is 67.9 cm³/mol. The van der Waals surface area contributed by atoms with Gasteiger partial charge in [0.15, 0.2) is 0 Å². The number of benzene rings is 1. The fourth-order valence-corrected chi connectivity index (χ4v) is 1.67. The fraction of sp³-hybridized carbons (Fsp3) is 0.455. The molecular formula is C11H17BrClN. The Morgan fingerprint density at radius 2 is 1.86 bits per heavy atom. The van der Waals surface area contributed by atoms with Crippen molar-refractivity contribution in [3.05, 3.63) is 34.3 Å². The standard InChI is InChI=1S/C11H16BrN.ClH/c1-9(6-7-13)8-10-2-4-11(12)5-3-10;/h2-5,9H,6-8,13H2,1H3;1H. The summed E-state index contributed by atoms with van der Waals surface area (Å²) in [7, 11) is 0. The van der Waals surface area contributed by atoms with Crippen LogP contribution in [0.15, 0.2) is 28.7 Å². The molecule has 0 amide bonds. The van der Waals surface area contributed by atoms with Crippen molar-refractivity contribution in [1.82, 2.24) is 0 Å². The summed E-state index contributed by atoms with van der Waals surface area (Å²) in [6.07, 6.45) is 2.24. The highest BCUT2D eigenvalue weighted by Crippen LogP contribution is 2.14. The molecule has 0 aliphatic heterocycles. The summed E-state index contributed by atoms with van der Waals surface area (Å²) in [5.41, 5.74) is 6.89. The van der Waals surface area contributed by atoms with Crippen LogP contribution in [-0.2, 0) is 6.42 Å². The summed E-state index contributed by atoms with van der Waals surface area (Å²) < 4.78 is 1.14. The summed E-state index contributed by atoms with van der Waals surface area (Å²) in [5.74, 6) is 0.686. The third-order valence-corrected chi connectivity index (χ3v) is 2.69. The second-order valence-corrected chi connectivity index (χ2v) is 4.43. The highest BCUT2D eigenvalue weighted by Gasteiger charge is 2.01. The molecule has 1 aromatic carbocycles. The lowest BCUT2D eigenvalue weighted by atomic mass is 9.98. The molecule has 0 aliphatic carbocycles. The molecule has 1 nitrogen and oxygen atoms in total. The maximum absolute atomic E-state index is 5.50. The van der Waals surface area contributed by atoms with Gasteiger partial charge in [0, 0.05) is 4.47 Å². The third-order valence-electron chi connectivity index (χ3n) is 2.16. The minimum atomic E-state index is 0. The quantitative estimate of drug-likeness (QED) is 0.897. The third kappa shape index (κ3) is 4.99. The van der Waals surface area contributed by atoms with E-state index in [1.807, 2.05) is 0 Å². The van der Waals surface area contributed by atoms with Crippen LogP contribution in [0.4, 0.5) is 0 Å². The van der Waals surface area contributed by atoms with Crippen molar-refractivity contribution in [3.8, 4) is 0 Å². The van der Waals surface area contributed by atoms with Crippen LogP contribution in [0.5, 0.6) is 0 Å². The molecule has 0 radical (unpaired) electrons. The lowest BCUT2D eigenvalue weighted by Crippen LogP contribution is -2.07. The Morgan fingerprint density at radius 3 is 2.36 bits per heavy atom. The van der Waals surface area contributed by atoms with Crippen molar-refractivity contribution < 1.29 is 0 Å². The molecule has 0 heterocycles. The first-order valence-electron chi connectivity index (χ1n) is 4.67. The Labute approximate surface area is 101 Å². The first-order valence-corrected chi connectivity index (χ1v) is 5.46. The minimum absolute atomic E-state index is 0. The molecule has 0 spiro atoms.